The van der Waals surface area contributed by atoms with Gasteiger partial charge >= 0.3 is 0 Å². The molecule has 0 saturated carbocycles. The van der Waals surface area contributed by atoms with Crippen molar-refractivity contribution < 1.29 is 14.6 Å². The Morgan fingerprint density at radius 3 is 2.75 bits per heavy atom. The van der Waals surface area contributed by atoms with Gasteiger partial charge in [0, 0.05) is 0 Å². The van der Waals surface area contributed by atoms with Gasteiger partial charge in [0.2, 0.25) is 0 Å². The molecule has 5 heteroatoms. The van der Waals surface area contributed by atoms with E-state index in [1.54, 1.807) is 38.1 Å². The second kappa shape index (κ2) is 6.92. The molecule has 1 rings (SSSR count). The highest BCUT2D eigenvalue weighted by atomic mass is 16.5. The minimum absolute atomic E-state index is 0.142. The summed E-state index contributed by atoms with van der Waals surface area (Å²) in [6.07, 6.45) is -0.140. The molecule has 0 aromatic heterocycles. The lowest BCUT2D eigenvalue weighted by Gasteiger charge is -2.28. The van der Waals surface area contributed by atoms with Crippen LogP contribution in [0.2, 0.25) is 0 Å². The summed E-state index contributed by atoms with van der Waals surface area (Å²) in [6.45, 7) is 5.11. The van der Waals surface area contributed by atoms with E-state index >= 15 is 0 Å². The van der Waals surface area contributed by atoms with Gasteiger partial charge in [0.15, 0.2) is 6.10 Å². The highest BCUT2D eigenvalue weighted by Crippen LogP contribution is 2.18. The maximum absolute atomic E-state index is 12.1. The Bertz CT molecular complexity index is 504. The number of rotatable bonds is 6. The lowest BCUT2D eigenvalue weighted by atomic mass is 10.00. The Labute approximate surface area is 119 Å². The van der Waals surface area contributed by atoms with Crippen molar-refractivity contribution in [3.05, 3.63) is 29.8 Å². The SMILES string of the molecule is CCC(C)(CO)NC(=O)C(C)Oc1ccccc1C#N. The van der Waals surface area contributed by atoms with E-state index in [-0.39, 0.29) is 12.5 Å². The summed E-state index contributed by atoms with van der Waals surface area (Å²) in [6, 6.07) is 8.76. The second-order valence-electron chi connectivity index (χ2n) is 4.93. The molecule has 0 radical (unpaired) electrons. The van der Waals surface area contributed by atoms with Gasteiger partial charge in [-0.25, -0.2) is 0 Å². The Hall–Kier alpha value is -2.06. The third-order valence-electron chi connectivity index (χ3n) is 3.23. The first-order chi connectivity index (χ1) is 9.45. The Balaban J connectivity index is 2.74. The molecule has 0 aliphatic carbocycles. The number of ether oxygens (including phenoxy) is 1. The topological polar surface area (TPSA) is 82.3 Å². The van der Waals surface area contributed by atoms with Gasteiger partial charge in [0.1, 0.15) is 11.8 Å². The third kappa shape index (κ3) is 3.97. The molecule has 1 aromatic carbocycles. The standard InChI is InChI=1S/C15H20N2O3/c1-4-15(3,10-18)17-14(19)11(2)20-13-8-6-5-7-12(13)9-16/h5-8,11,18H,4,10H2,1-3H3,(H,17,19). The van der Waals surface area contributed by atoms with Crippen LogP contribution in [-0.2, 0) is 4.79 Å². The summed E-state index contributed by atoms with van der Waals surface area (Å²) in [5.74, 6) is 0.0518. The monoisotopic (exact) mass is 276 g/mol. The Kier molecular flexibility index (Phi) is 5.53. The van der Waals surface area contributed by atoms with Crippen molar-refractivity contribution in [3.63, 3.8) is 0 Å². The zero-order valence-corrected chi connectivity index (χ0v) is 12.0. The molecule has 1 aromatic rings. The van der Waals surface area contributed by atoms with E-state index in [2.05, 4.69) is 5.32 Å². The lowest BCUT2D eigenvalue weighted by Crippen LogP contribution is -2.52. The summed E-state index contributed by atoms with van der Waals surface area (Å²) >= 11 is 0. The zero-order chi connectivity index (χ0) is 15.2. The summed E-state index contributed by atoms with van der Waals surface area (Å²) in [5.41, 5.74) is -0.281. The number of amides is 1. The molecular weight excluding hydrogens is 256 g/mol. The van der Waals surface area contributed by atoms with Crippen molar-refractivity contribution in [2.24, 2.45) is 0 Å². The molecule has 108 valence electrons. The van der Waals surface area contributed by atoms with Crippen molar-refractivity contribution >= 4 is 5.91 Å². The number of carbonyl (C=O) groups is 1. The molecule has 0 heterocycles. The minimum Gasteiger partial charge on any atom is -0.480 e. The maximum Gasteiger partial charge on any atom is 0.261 e. The molecule has 0 spiro atoms. The Morgan fingerprint density at radius 2 is 2.20 bits per heavy atom. The third-order valence-corrected chi connectivity index (χ3v) is 3.23. The van der Waals surface area contributed by atoms with Gasteiger partial charge in [-0.1, -0.05) is 19.1 Å². The number of nitrogens with zero attached hydrogens (tertiary/aromatic N) is 1. The van der Waals surface area contributed by atoms with E-state index in [0.717, 1.165) is 0 Å². The first-order valence-electron chi connectivity index (χ1n) is 6.54. The molecule has 0 saturated heterocycles. The first kappa shape index (κ1) is 16.0. The summed E-state index contributed by atoms with van der Waals surface area (Å²) in [5, 5.41) is 21.0. The van der Waals surface area contributed by atoms with Crippen LogP contribution in [0.4, 0.5) is 0 Å². The predicted molar refractivity (Wildman–Crippen MR) is 75.2 cm³/mol. The number of benzene rings is 1. The second-order valence-corrected chi connectivity index (χ2v) is 4.93. The number of nitrogens with one attached hydrogen (secondary N) is 1. The molecular formula is C15H20N2O3. The van der Waals surface area contributed by atoms with Gasteiger partial charge in [-0.05, 0) is 32.4 Å². The van der Waals surface area contributed by atoms with Crippen molar-refractivity contribution in [2.75, 3.05) is 6.61 Å². The van der Waals surface area contributed by atoms with Crippen molar-refractivity contribution in [3.8, 4) is 11.8 Å². The highest BCUT2D eigenvalue weighted by Gasteiger charge is 2.26. The maximum atomic E-state index is 12.1. The van der Waals surface area contributed by atoms with Crippen LogP contribution in [-0.4, -0.2) is 29.3 Å². The van der Waals surface area contributed by atoms with Gasteiger partial charge in [-0.15, -0.1) is 0 Å². The molecule has 2 N–H and O–H groups in total. The van der Waals surface area contributed by atoms with Crippen LogP contribution < -0.4 is 10.1 Å². The van der Waals surface area contributed by atoms with E-state index in [0.29, 0.717) is 17.7 Å². The fraction of sp³-hybridized carbons (Fsp3) is 0.467. The van der Waals surface area contributed by atoms with E-state index < -0.39 is 11.6 Å². The molecule has 2 atom stereocenters. The molecule has 20 heavy (non-hydrogen) atoms. The van der Waals surface area contributed by atoms with Gasteiger partial charge in [0.05, 0.1) is 17.7 Å². The van der Waals surface area contributed by atoms with Crippen LogP contribution in [0.1, 0.15) is 32.8 Å². The number of nitriles is 1. The van der Waals surface area contributed by atoms with Gasteiger partial charge in [0.25, 0.3) is 5.91 Å². The number of aliphatic hydroxyl groups excluding tert-OH is 1. The normalized spacial score (nSPS) is 14.8. The van der Waals surface area contributed by atoms with E-state index in [4.69, 9.17) is 10.00 Å². The molecule has 2 unspecified atom stereocenters. The molecule has 5 nitrogen and oxygen atoms in total. The average Bonchev–Trinajstić information content (AvgIpc) is 2.47. The van der Waals surface area contributed by atoms with Crippen molar-refractivity contribution in [1.82, 2.24) is 5.32 Å². The fourth-order valence-electron chi connectivity index (χ4n) is 1.54. The highest BCUT2D eigenvalue weighted by molar-refractivity contribution is 5.81. The minimum atomic E-state index is -0.748. The van der Waals surface area contributed by atoms with Crippen LogP contribution in [0, 0.1) is 11.3 Å². The molecule has 0 aliphatic heterocycles. The van der Waals surface area contributed by atoms with Crippen LogP contribution in [0.3, 0.4) is 0 Å². The Morgan fingerprint density at radius 1 is 1.55 bits per heavy atom. The summed E-state index contributed by atoms with van der Waals surface area (Å²) in [4.78, 5) is 12.1. The number of aliphatic hydroxyl groups is 1. The average molecular weight is 276 g/mol. The van der Waals surface area contributed by atoms with Crippen LogP contribution in [0.15, 0.2) is 24.3 Å². The molecule has 1 amide bonds. The van der Waals surface area contributed by atoms with E-state index in [1.165, 1.54) is 0 Å². The van der Waals surface area contributed by atoms with Crippen molar-refractivity contribution in [2.45, 2.75) is 38.8 Å². The molecule has 0 bridgehead atoms. The first-order valence-corrected chi connectivity index (χ1v) is 6.54. The van der Waals surface area contributed by atoms with E-state index in [1.807, 2.05) is 13.0 Å². The summed E-state index contributed by atoms with van der Waals surface area (Å²) < 4.78 is 5.52. The smallest absolute Gasteiger partial charge is 0.261 e. The fourth-order valence-corrected chi connectivity index (χ4v) is 1.54. The number of carbonyl (C=O) groups excluding carboxylic acids is 1. The molecule has 0 aliphatic rings. The zero-order valence-electron chi connectivity index (χ0n) is 12.0. The van der Waals surface area contributed by atoms with Crippen molar-refractivity contribution in [1.29, 1.82) is 5.26 Å². The summed E-state index contributed by atoms with van der Waals surface area (Å²) in [7, 11) is 0. The number of para-hydroxylation sites is 1. The van der Waals surface area contributed by atoms with Crippen LogP contribution >= 0.6 is 0 Å². The van der Waals surface area contributed by atoms with Gasteiger partial charge in [-0.2, -0.15) is 5.26 Å². The molecule has 0 fully saturated rings. The lowest BCUT2D eigenvalue weighted by molar-refractivity contribution is -0.129. The van der Waals surface area contributed by atoms with Gasteiger partial charge < -0.3 is 15.2 Å². The van der Waals surface area contributed by atoms with E-state index in [9.17, 15) is 9.90 Å². The van der Waals surface area contributed by atoms with Gasteiger partial charge in [-0.3, -0.25) is 4.79 Å². The number of hydrogen-bond acceptors (Lipinski definition) is 4. The quantitative estimate of drug-likeness (QED) is 0.827. The van der Waals surface area contributed by atoms with Crippen LogP contribution in [0.5, 0.6) is 5.75 Å². The van der Waals surface area contributed by atoms with Crippen LogP contribution in [0.25, 0.3) is 0 Å². The largest absolute Gasteiger partial charge is 0.480 e. The number of hydrogen-bond donors (Lipinski definition) is 2. The predicted octanol–water partition coefficient (Wildman–Crippen LogP) is 1.60.